The van der Waals surface area contributed by atoms with Crippen molar-refractivity contribution in [3.05, 3.63) is 30.5 Å². The zero-order chi connectivity index (χ0) is 27.4. The Bertz CT molecular complexity index is 1520. The molecule has 0 unspecified atom stereocenters. The van der Waals surface area contributed by atoms with Gasteiger partial charge in [-0.15, -0.1) is 10.2 Å². The molecule has 0 radical (unpaired) electrons. The molecule has 2 atom stereocenters. The molecule has 10 nitrogen and oxygen atoms in total. The molecule has 3 aromatic heterocycles. The number of hydrogen-bond donors (Lipinski definition) is 1. The number of rotatable bonds is 5. The lowest BCUT2D eigenvalue weighted by Gasteiger charge is -2.38. The summed E-state index contributed by atoms with van der Waals surface area (Å²) in [6.07, 6.45) is -2.96. The Hall–Kier alpha value is -4.04. The molecule has 1 saturated heterocycles. The zero-order valence-electron chi connectivity index (χ0n) is 20.5. The van der Waals surface area contributed by atoms with Gasteiger partial charge in [0.25, 0.3) is 5.92 Å². The molecule has 1 N–H and O–H groups in total. The van der Waals surface area contributed by atoms with Crippen LogP contribution in [0.2, 0.25) is 0 Å². The number of methoxy groups -OCH3 is 1. The van der Waals surface area contributed by atoms with Crippen molar-refractivity contribution in [2.24, 2.45) is 0 Å². The van der Waals surface area contributed by atoms with Crippen LogP contribution in [0.25, 0.3) is 27.7 Å². The summed E-state index contributed by atoms with van der Waals surface area (Å²) in [6.45, 7) is 1.69. The summed E-state index contributed by atoms with van der Waals surface area (Å²) < 4.78 is 77.1. The molecular weight excluding hydrogens is 515 g/mol. The van der Waals surface area contributed by atoms with Crippen molar-refractivity contribution in [3.8, 4) is 17.0 Å². The van der Waals surface area contributed by atoms with Gasteiger partial charge in [0.2, 0.25) is 17.7 Å². The van der Waals surface area contributed by atoms with E-state index < -0.39 is 36.6 Å². The van der Waals surface area contributed by atoms with Gasteiger partial charge >= 0.3 is 6.18 Å². The lowest BCUT2D eigenvalue weighted by molar-refractivity contribution is -0.164. The van der Waals surface area contributed by atoms with Crippen LogP contribution in [0.3, 0.4) is 0 Å². The molecule has 38 heavy (non-hydrogen) atoms. The van der Waals surface area contributed by atoms with E-state index in [0.717, 1.165) is 16.5 Å². The molecule has 4 aromatic rings. The molecule has 1 amide bonds. The number of fused-ring (bicyclic) bond motifs is 2. The second-order valence-electron chi connectivity index (χ2n) is 9.11. The maximum absolute atomic E-state index is 14.7. The highest BCUT2D eigenvalue weighted by atomic mass is 19.4. The van der Waals surface area contributed by atoms with Crippen LogP contribution in [0.15, 0.2) is 30.5 Å². The molecule has 1 aromatic carbocycles. The summed E-state index contributed by atoms with van der Waals surface area (Å²) in [4.78, 5) is 16.9. The number of aromatic nitrogens is 6. The Morgan fingerprint density at radius 1 is 1.26 bits per heavy atom. The number of likely N-dealkylation sites (tertiary alicyclic amines) is 1. The van der Waals surface area contributed by atoms with Crippen molar-refractivity contribution in [2.45, 2.75) is 44.5 Å². The number of hydrogen-bond acceptors (Lipinski definition) is 7. The van der Waals surface area contributed by atoms with Gasteiger partial charge in [-0.1, -0.05) is 11.3 Å². The molecule has 1 fully saturated rings. The van der Waals surface area contributed by atoms with E-state index in [4.69, 9.17) is 4.74 Å². The summed E-state index contributed by atoms with van der Waals surface area (Å²) in [5.74, 6) is -3.67. The molecule has 0 saturated carbocycles. The number of piperidine rings is 1. The number of amides is 1. The highest BCUT2D eigenvalue weighted by molar-refractivity contribution is 5.89. The first kappa shape index (κ1) is 25.6. The van der Waals surface area contributed by atoms with Crippen LogP contribution in [0.4, 0.5) is 27.9 Å². The fourth-order valence-electron chi connectivity index (χ4n) is 4.50. The third-order valence-corrected chi connectivity index (χ3v) is 6.64. The standard InChI is InChI=1S/C23H23F5N8O2/c1-12(23(26,27)28)36-17-10-14(4-5-16(17)31-33-36)15-6-9-35-19(15)20(38-3)30-21(32-35)29-18-7-8-34(13(2)37)11-22(18,24)25/h4-6,9-10,12,18H,7-8,11H2,1-3H3,(H,29,32)/t12-,18+/m0/s1. The number of anilines is 1. The second kappa shape index (κ2) is 9.06. The van der Waals surface area contributed by atoms with Crippen LogP contribution >= 0.6 is 0 Å². The Morgan fingerprint density at radius 2 is 2.03 bits per heavy atom. The van der Waals surface area contributed by atoms with Crippen LogP contribution in [-0.4, -0.2) is 78.7 Å². The van der Waals surface area contributed by atoms with Gasteiger partial charge in [0, 0.05) is 25.2 Å². The Labute approximate surface area is 212 Å². The molecule has 0 spiro atoms. The van der Waals surface area contributed by atoms with Gasteiger partial charge < -0.3 is 15.0 Å². The second-order valence-corrected chi connectivity index (χ2v) is 9.11. The van der Waals surface area contributed by atoms with E-state index in [1.807, 2.05) is 0 Å². The monoisotopic (exact) mass is 538 g/mol. The fourth-order valence-corrected chi connectivity index (χ4v) is 4.50. The normalized spacial score (nSPS) is 18.6. The number of alkyl halides is 5. The number of carbonyl (C=O) groups is 1. The van der Waals surface area contributed by atoms with Crippen LogP contribution in [0.5, 0.6) is 5.88 Å². The number of nitrogens with zero attached hydrogens (tertiary/aromatic N) is 7. The Morgan fingerprint density at radius 3 is 2.68 bits per heavy atom. The van der Waals surface area contributed by atoms with Gasteiger partial charge in [0.15, 0.2) is 0 Å². The first-order valence-corrected chi connectivity index (χ1v) is 11.6. The van der Waals surface area contributed by atoms with E-state index in [0.29, 0.717) is 22.2 Å². The van der Waals surface area contributed by atoms with Crippen molar-refractivity contribution in [3.63, 3.8) is 0 Å². The average Bonchev–Trinajstić information content (AvgIpc) is 3.47. The highest BCUT2D eigenvalue weighted by Gasteiger charge is 2.46. The predicted octanol–water partition coefficient (Wildman–Crippen LogP) is 3.94. The first-order valence-electron chi connectivity index (χ1n) is 11.6. The highest BCUT2D eigenvalue weighted by Crippen LogP contribution is 2.36. The molecule has 1 aliphatic rings. The van der Waals surface area contributed by atoms with Crippen LogP contribution in [-0.2, 0) is 4.79 Å². The van der Waals surface area contributed by atoms with E-state index >= 15 is 0 Å². The molecule has 15 heteroatoms. The molecule has 4 heterocycles. The first-order chi connectivity index (χ1) is 17.9. The minimum atomic E-state index is -4.51. The summed E-state index contributed by atoms with van der Waals surface area (Å²) in [5.41, 5.74) is 1.94. The van der Waals surface area contributed by atoms with Gasteiger partial charge in [-0.05, 0) is 37.1 Å². The Kier molecular flexibility index (Phi) is 6.10. The third-order valence-electron chi connectivity index (χ3n) is 6.64. The van der Waals surface area contributed by atoms with Crippen molar-refractivity contribution in [1.29, 1.82) is 0 Å². The van der Waals surface area contributed by atoms with Crippen molar-refractivity contribution in [1.82, 2.24) is 34.5 Å². The molecule has 0 bridgehead atoms. The maximum atomic E-state index is 14.7. The molecule has 5 rings (SSSR count). The quantitative estimate of drug-likeness (QED) is 0.384. The molecule has 1 aliphatic heterocycles. The molecule has 0 aliphatic carbocycles. The summed E-state index contributed by atoms with van der Waals surface area (Å²) >= 11 is 0. The minimum Gasteiger partial charge on any atom is -0.479 e. The van der Waals surface area contributed by atoms with Gasteiger partial charge in [-0.25, -0.2) is 18.0 Å². The predicted molar refractivity (Wildman–Crippen MR) is 126 cm³/mol. The van der Waals surface area contributed by atoms with Crippen LogP contribution in [0.1, 0.15) is 26.3 Å². The van der Waals surface area contributed by atoms with E-state index in [1.165, 1.54) is 24.6 Å². The smallest absolute Gasteiger partial charge is 0.410 e. The maximum Gasteiger partial charge on any atom is 0.410 e. The van der Waals surface area contributed by atoms with Crippen LogP contribution < -0.4 is 10.1 Å². The van der Waals surface area contributed by atoms with Gasteiger partial charge in [-0.2, -0.15) is 18.2 Å². The SMILES string of the molecule is COc1nc(N[C@@H]2CCN(C(C)=O)CC2(F)F)nn2ccc(-c3ccc4nnn([C@@H](C)C(F)(F)F)c4c3)c12. The van der Waals surface area contributed by atoms with Crippen LogP contribution in [0, 0.1) is 0 Å². The van der Waals surface area contributed by atoms with Crippen molar-refractivity contribution in [2.75, 3.05) is 25.5 Å². The summed E-state index contributed by atoms with van der Waals surface area (Å²) in [7, 11) is 1.36. The number of carbonyl (C=O) groups excluding carboxylic acids is 1. The fraction of sp³-hybridized carbons (Fsp3) is 0.435. The molecular formula is C23H23F5N8O2. The number of benzene rings is 1. The summed E-state index contributed by atoms with van der Waals surface area (Å²) in [6, 6.07) is 3.23. The van der Waals surface area contributed by atoms with Gasteiger partial charge in [-0.3, -0.25) is 4.79 Å². The Balaban J connectivity index is 1.50. The third kappa shape index (κ3) is 4.45. The number of ether oxygens (including phenoxy) is 1. The van der Waals surface area contributed by atoms with Gasteiger partial charge in [0.05, 0.1) is 25.2 Å². The average molecular weight is 538 g/mol. The van der Waals surface area contributed by atoms with E-state index in [2.05, 4.69) is 25.7 Å². The van der Waals surface area contributed by atoms with E-state index in [9.17, 15) is 26.7 Å². The minimum absolute atomic E-state index is 0.00863. The lowest BCUT2D eigenvalue weighted by atomic mass is 10.0. The van der Waals surface area contributed by atoms with Crippen molar-refractivity contribution < 1.29 is 31.5 Å². The number of halogens is 5. The number of nitrogens with one attached hydrogen (secondary N) is 1. The lowest BCUT2D eigenvalue weighted by Crippen LogP contribution is -2.55. The van der Waals surface area contributed by atoms with E-state index in [1.54, 1.807) is 24.4 Å². The zero-order valence-corrected chi connectivity index (χ0v) is 20.5. The molecule has 202 valence electrons. The topological polar surface area (TPSA) is 102 Å². The van der Waals surface area contributed by atoms with E-state index in [-0.39, 0.29) is 30.3 Å². The van der Waals surface area contributed by atoms with Gasteiger partial charge in [0.1, 0.15) is 17.1 Å². The summed E-state index contributed by atoms with van der Waals surface area (Å²) in [5, 5.41) is 14.5. The largest absolute Gasteiger partial charge is 0.479 e. The van der Waals surface area contributed by atoms with Crippen molar-refractivity contribution >= 4 is 28.4 Å².